The first-order valence-corrected chi connectivity index (χ1v) is 40.8. The number of unbranched alkanes of at least 4 members (excludes halogenated alkanes) is 43. The normalized spacial score (nSPS) is 14.1. The molecule has 0 aliphatic carbocycles. The van der Waals surface area contributed by atoms with E-state index < -0.39 is 20.0 Å². The fraction of sp³-hybridized carbons (Fsp3) is 0.771. The van der Waals surface area contributed by atoms with Gasteiger partial charge in [-0.15, -0.1) is 0 Å². The number of aliphatic hydroxyl groups is 1. The van der Waals surface area contributed by atoms with E-state index in [4.69, 9.17) is 9.05 Å². The lowest BCUT2D eigenvalue weighted by atomic mass is 10.0. The van der Waals surface area contributed by atoms with Gasteiger partial charge in [0.25, 0.3) is 0 Å². The van der Waals surface area contributed by atoms with Crippen LogP contribution in [0.3, 0.4) is 0 Å². The van der Waals surface area contributed by atoms with Gasteiger partial charge in [-0.2, -0.15) is 0 Å². The molecular weight excluding hydrogens is 1150 g/mol. The number of amides is 1. The Hall–Kier alpha value is -2.84. The van der Waals surface area contributed by atoms with Crippen LogP contribution in [-0.4, -0.2) is 73.4 Å². The topological polar surface area (TPSA) is 105 Å². The van der Waals surface area contributed by atoms with Crippen molar-refractivity contribution >= 4 is 13.7 Å². The lowest BCUT2D eigenvalue weighted by Gasteiger charge is -2.25. The highest BCUT2D eigenvalue weighted by molar-refractivity contribution is 7.47. The first-order chi connectivity index (χ1) is 45.0. The molecule has 0 heterocycles. The van der Waals surface area contributed by atoms with Crippen molar-refractivity contribution in [2.75, 3.05) is 40.9 Å². The Kier molecular flexibility index (Phi) is 70.2. The second kappa shape index (κ2) is 72.4. The van der Waals surface area contributed by atoms with Crippen molar-refractivity contribution in [3.63, 3.8) is 0 Å². The summed E-state index contributed by atoms with van der Waals surface area (Å²) in [6.07, 6.45) is 107. The van der Waals surface area contributed by atoms with Crippen LogP contribution in [0.15, 0.2) is 109 Å². The molecule has 8 nitrogen and oxygen atoms in total. The second-order valence-corrected chi connectivity index (χ2v) is 29.2. The van der Waals surface area contributed by atoms with E-state index in [1.807, 2.05) is 27.2 Å². The van der Waals surface area contributed by atoms with Crippen LogP contribution in [0.5, 0.6) is 0 Å². The molecule has 0 aliphatic heterocycles. The van der Waals surface area contributed by atoms with E-state index >= 15 is 0 Å². The third-order valence-corrected chi connectivity index (χ3v) is 18.5. The van der Waals surface area contributed by atoms with E-state index in [1.54, 1.807) is 6.08 Å². The number of allylic oxidation sites excluding steroid dienone is 17. The molecule has 0 saturated heterocycles. The van der Waals surface area contributed by atoms with Crippen LogP contribution in [0, 0.1) is 0 Å². The number of phosphoric acid groups is 1. The molecule has 3 unspecified atom stereocenters. The van der Waals surface area contributed by atoms with Gasteiger partial charge in [-0.25, -0.2) is 4.57 Å². The molecule has 3 atom stereocenters. The predicted octanol–water partition coefficient (Wildman–Crippen LogP) is 25.8. The van der Waals surface area contributed by atoms with Crippen LogP contribution in [0.2, 0.25) is 0 Å². The number of likely N-dealkylation sites (N-methyl/N-ethyl adjacent to an activating group) is 1. The van der Waals surface area contributed by atoms with Gasteiger partial charge in [0.05, 0.1) is 39.9 Å². The summed E-state index contributed by atoms with van der Waals surface area (Å²) in [6.45, 7) is 4.74. The summed E-state index contributed by atoms with van der Waals surface area (Å²) in [6, 6.07) is -0.853. The van der Waals surface area contributed by atoms with Crippen molar-refractivity contribution in [3.05, 3.63) is 109 Å². The predicted molar refractivity (Wildman–Crippen MR) is 405 cm³/mol. The van der Waals surface area contributed by atoms with E-state index in [0.717, 1.165) is 89.9 Å². The van der Waals surface area contributed by atoms with Crippen LogP contribution in [-0.2, 0) is 18.4 Å². The van der Waals surface area contributed by atoms with Gasteiger partial charge in [0.1, 0.15) is 13.2 Å². The van der Waals surface area contributed by atoms with E-state index in [-0.39, 0.29) is 19.1 Å². The van der Waals surface area contributed by atoms with Crippen LogP contribution in [0.25, 0.3) is 0 Å². The molecule has 0 spiro atoms. The number of carbonyl (C=O) groups excluding carboxylic acids is 1. The number of aliphatic hydroxyl groups excluding tert-OH is 1. The lowest BCUT2D eigenvalue weighted by Crippen LogP contribution is -2.45. The molecule has 0 rings (SSSR count). The zero-order valence-electron chi connectivity index (χ0n) is 61.3. The number of nitrogens with one attached hydrogen (secondary N) is 1. The largest absolute Gasteiger partial charge is 0.472 e. The van der Waals surface area contributed by atoms with Gasteiger partial charge in [0, 0.05) is 6.42 Å². The summed E-state index contributed by atoms with van der Waals surface area (Å²) < 4.78 is 23.9. The van der Waals surface area contributed by atoms with Crippen molar-refractivity contribution < 1.29 is 32.9 Å². The number of phosphoric ester groups is 1. The highest BCUT2D eigenvalue weighted by Crippen LogP contribution is 2.43. The van der Waals surface area contributed by atoms with Gasteiger partial charge in [0.15, 0.2) is 0 Å². The molecule has 0 saturated carbocycles. The van der Waals surface area contributed by atoms with Gasteiger partial charge in [-0.1, -0.05) is 380 Å². The zero-order chi connectivity index (χ0) is 66.9. The summed E-state index contributed by atoms with van der Waals surface area (Å²) >= 11 is 0. The average Bonchev–Trinajstić information content (AvgIpc) is 2.63. The molecule has 0 aliphatic rings. The highest BCUT2D eigenvalue weighted by atomic mass is 31.2. The summed E-state index contributed by atoms with van der Waals surface area (Å²) in [5.41, 5.74) is 0. The molecular formula is C83H152N2O6P+. The molecule has 3 N–H and O–H groups in total. The van der Waals surface area contributed by atoms with Gasteiger partial charge in [-0.05, 0) is 83.5 Å². The fourth-order valence-electron chi connectivity index (χ4n) is 11.5. The van der Waals surface area contributed by atoms with Crippen LogP contribution in [0.1, 0.15) is 361 Å². The van der Waals surface area contributed by atoms with E-state index in [9.17, 15) is 19.4 Å². The molecule has 9 heteroatoms. The van der Waals surface area contributed by atoms with Crippen molar-refractivity contribution in [2.45, 2.75) is 373 Å². The molecule has 0 aromatic carbocycles. The monoisotopic (exact) mass is 1300 g/mol. The summed E-state index contributed by atoms with van der Waals surface area (Å²) in [5.74, 6) is -0.174. The molecule has 0 fully saturated rings. The Bertz CT molecular complexity index is 1870. The van der Waals surface area contributed by atoms with Gasteiger partial charge in [0.2, 0.25) is 5.91 Å². The molecule has 0 radical (unpaired) electrons. The number of carbonyl (C=O) groups is 1. The zero-order valence-corrected chi connectivity index (χ0v) is 62.2. The molecule has 0 aromatic rings. The standard InChI is InChI=1S/C83H151N2O6P/c1-6-8-10-12-14-16-18-20-22-24-26-28-30-32-34-36-37-38-39-40-41-42-43-44-45-46-47-49-51-53-55-57-59-61-63-65-67-69-71-73-75-77-83(87)84-81(80-91-92(88,89)90-79-78-85(3,4)5)82(86)76-74-72-70-68-66-64-62-60-58-56-54-52-50-48-35-33-31-29-27-25-23-21-19-17-15-13-11-9-7-2/h8,10,14,16,20,22,26,28,32,34,37-38,40-41,43-44,74,76,81-82,86H,6-7,9,11-13,15,17-19,21,23-25,27,29-31,33,35-36,39,42,45-73,75,77-80H2,1-5H3,(H-,84,87,88,89)/p+1/b10-8-,16-14-,22-20-,28-26-,34-32-,38-37-,41-40-,44-43-,76-74+. The minimum absolute atomic E-state index is 0.0595. The molecule has 534 valence electrons. The maximum absolute atomic E-state index is 13.1. The Morgan fingerprint density at radius 1 is 0.380 bits per heavy atom. The van der Waals surface area contributed by atoms with Crippen LogP contribution < -0.4 is 5.32 Å². The van der Waals surface area contributed by atoms with Crippen LogP contribution >= 0.6 is 7.82 Å². The van der Waals surface area contributed by atoms with E-state index in [1.165, 1.54) is 250 Å². The minimum Gasteiger partial charge on any atom is -0.387 e. The number of hydrogen-bond acceptors (Lipinski definition) is 5. The van der Waals surface area contributed by atoms with E-state index in [2.05, 4.69) is 116 Å². The smallest absolute Gasteiger partial charge is 0.387 e. The lowest BCUT2D eigenvalue weighted by molar-refractivity contribution is -0.870. The van der Waals surface area contributed by atoms with Gasteiger partial charge >= 0.3 is 7.82 Å². The molecule has 0 bridgehead atoms. The quantitative estimate of drug-likeness (QED) is 0.0243. The summed E-state index contributed by atoms with van der Waals surface area (Å²) in [5, 5.41) is 14.1. The highest BCUT2D eigenvalue weighted by Gasteiger charge is 2.28. The van der Waals surface area contributed by atoms with Gasteiger partial charge < -0.3 is 19.8 Å². The van der Waals surface area contributed by atoms with Gasteiger partial charge in [-0.3, -0.25) is 13.8 Å². The summed E-state index contributed by atoms with van der Waals surface area (Å²) in [4.78, 5) is 23.5. The maximum atomic E-state index is 13.1. The van der Waals surface area contributed by atoms with Crippen molar-refractivity contribution in [3.8, 4) is 0 Å². The van der Waals surface area contributed by atoms with Crippen molar-refractivity contribution in [1.82, 2.24) is 5.32 Å². The number of hydrogen-bond donors (Lipinski definition) is 3. The number of nitrogens with zero attached hydrogens (tertiary/aromatic N) is 1. The summed E-state index contributed by atoms with van der Waals surface area (Å²) in [7, 11) is 1.58. The first-order valence-electron chi connectivity index (χ1n) is 39.3. The number of quaternary nitrogens is 1. The van der Waals surface area contributed by atoms with Crippen molar-refractivity contribution in [1.29, 1.82) is 0 Å². The Morgan fingerprint density at radius 2 is 0.652 bits per heavy atom. The Morgan fingerprint density at radius 3 is 0.957 bits per heavy atom. The first kappa shape index (κ1) is 89.2. The molecule has 0 aromatic heterocycles. The third kappa shape index (κ3) is 74.6. The fourth-order valence-corrected chi connectivity index (χ4v) is 12.2. The third-order valence-electron chi connectivity index (χ3n) is 17.5. The Labute approximate surface area is 572 Å². The van der Waals surface area contributed by atoms with Crippen molar-refractivity contribution in [2.24, 2.45) is 0 Å². The minimum atomic E-state index is -4.36. The molecule has 1 amide bonds. The molecule has 92 heavy (non-hydrogen) atoms. The number of rotatable bonds is 72. The van der Waals surface area contributed by atoms with E-state index in [0.29, 0.717) is 17.4 Å². The second-order valence-electron chi connectivity index (χ2n) is 27.7. The Balaban J connectivity index is 4.01. The van der Waals surface area contributed by atoms with Crippen LogP contribution in [0.4, 0.5) is 0 Å². The maximum Gasteiger partial charge on any atom is 0.472 e. The average molecular weight is 1310 g/mol. The SMILES string of the molecule is CC/C=C\C/C=C\C/C=C\C/C=C\C/C=C\C/C=C\C/C=C\C/C=C\CCCCCCCCCCCCCCCCCCC(=O)NC(COP(=O)(O)OCC[N+](C)(C)C)C(O)/C=C/CCCCCCCCCCCCCCCCCCCCCCCCCCCCC.